The minimum Gasteiger partial charge on any atom is -0.133 e. The van der Waals surface area contributed by atoms with E-state index in [-0.39, 0.29) is 0 Å². The molecule has 0 nitrogen and oxygen atoms in total. The molecular formula is C16H20P2. The van der Waals surface area contributed by atoms with E-state index < -0.39 is 0 Å². The molecule has 18 heavy (non-hydrogen) atoms. The van der Waals surface area contributed by atoms with Crippen LogP contribution in [0.15, 0.2) is 48.5 Å². The lowest BCUT2D eigenvalue weighted by Crippen LogP contribution is -1.97. The molecule has 94 valence electrons. The minimum absolute atomic E-state index is 0.456. The average Bonchev–Trinajstić information content (AvgIpc) is 2.46. The summed E-state index contributed by atoms with van der Waals surface area (Å²) in [7, 11) is 5.58. The Labute approximate surface area is 115 Å². The van der Waals surface area contributed by atoms with Gasteiger partial charge in [0.2, 0.25) is 0 Å². The van der Waals surface area contributed by atoms with Crippen LogP contribution in [0.25, 0.3) is 0 Å². The Kier molecular flexibility index (Phi) is 4.93. The highest BCUT2D eigenvalue weighted by Crippen LogP contribution is 2.26. The first-order chi connectivity index (χ1) is 8.74. The lowest BCUT2D eigenvalue weighted by Gasteiger charge is -2.14. The molecule has 2 rings (SSSR count). The standard InChI is InChI=1S/C16H20P2/c1-12(15-6-2-4-13(8-15)10-17)16-7-3-5-14(9-16)11-18/h2-9,12H,10-11,17-18H2,1H3. The molecule has 2 atom stereocenters. The van der Waals surface area contributed by atoms with Crippen LogP contribution < -0.4 is 0 Å². The third kappa shape index (κ3) is 3.19. The second-order valence-corrected chi connectivity index (χ2v) is 5.44. The third-order valence-corrected chi connectivity index (χ3v) is 4.32. The molecule has 0 aliphatic heterocycles. The molecule has 0 bridgehead atoms. The smallest absolute Gasteiger partial charge is 0.00612 e. The zero-order chi connectivity index (χ0) is 13.0. The normalized spacial score (nSPS) is 10.9. The van der Waals surface area contributed by atoms with Gasteiger partial charge in [0.25, 0.3) is 0 Å². The van der Waals surface area contributed by atoms with Gasteiger partial charge in [-0.25, -0.2) is 0 Å². The van der Waals surface area contributed by atoms with Crippen LogP contribution in [0.5, 0.6) is 0 Å². The zero-order valence-electron chi connectivity index (χ0n) is 10.8. The molecule has 2 aromatic rings. The number of benzene rings is 2. The molecule has 0 aliphatic rings. The van der Waals surface area contributed by atoms with Crippen LogP contribution in [0.3, 0.4) is 0 Å². The predicted molar refractivity (Wildman–Crippen MR) is 87.2 cm³/mol. The second-order valence-electron chi connectivity index (χ2n) is 4.62. The summed E-state index contributed by atoms with van der Waals surface area (Å²) in [6.07, 6.45) is 2.04. The Morgan fingerprint density at radius 2 is 1.28 bits per heavy atom. The quantitative estimate of drug-likeness (QED) is 0.715. The summed E-state index contributed by atoms with van der Waals surface area (Å²) in [6, 6.07) is 17.7. The van der Waals surface area contributed by atoms with Gasteiger partial charge in [-0.2, -0.15) is 0 Å². The fourth-order valence-corrected chi connectivity index (χ4v) is 2.68. The van der Waals surface area contributed by atoms with Gasteiger partial charge in [0.05, 0.1) is 0 Å². The topological polar surface area (TPSA) is 0 Å². The first kappa shape index (κ1) is 13.7. The van der Waals surface area contributed by atoms with Crippen LogP contribution in [-0.4, -0.2) is 0 Å². The molecule has 0 radical (unpaired) electrons. The van der Waals surface area contributed by atoms with Crippen LogP contribution in [0.4, 0.5) is 0 Å². The van der Waals surface area contributed by atoms with E-state index in [9.17, 15) is 0 Å². The SMILES string of the molecule is CC(c1cccc(CP)c1)c1cccc(CP)c1. The van der Waals surface area contributed by atoms with Gasteiger partial charge >= 0.3 is 0 Å². The molecule has 0 saturated carbocycles. The molecule has 2 heteroatoms. The molecule has 0 N–H and O–H groups in total. The van der Waals surface area contributed by atoms with Gasteiger partial charge < -0.3 is 0 Å². The Balaban J connectivity index is 2.31. The van der Waals surface area contributed by atoms with Gasteiger partial charge in [0.1, 0.15) is 0 Å². The van der Waals surface area contributed by atoms with Crippen molar-refractivity contribution in [3.63, 3.8) is 0 Å². The van der Waals surface area contributed by atoms with Crippen molar-refractivity contribution in [2.75, 3.05) is 0 Å². The summed E-state index contributed by atoms with van der Waals surface area (Å²) >= 11 is 0. The number of hydrogen-bond acceptors (Lipinski definition) is 0. The third-order valence-electron chi connectivity index (χ3n) is 3.37. The van der Waals surface area contributed by atoms with E-state index in [4.69, 9.17) is 0 Å². The predicted octanol–water partition coefficient (Wildman–Crippen LogP) is 4.59. The maximum atomic E-state index is 2.79. The average molecular weight is 274 g/mol. The Bertz CT molecular complexity index is 473. The van der Waals surface area contributed by atoms with E-state index in [0.717, 1.165) is 12.3 Å². The summed E-state index contributed by atoms with van der Waals surface area (Å²) in [6.45, 7) is 2.28. The van der Waals surface area contributed by atoms with Crippen LogP contribution in [-0.2, 0) is 12.3 Å². The lowest BCUT2D eigenvalue weighted by molar-refractivity contribution is 0.917. The maximum Gasteiger partial charge on any atom is 0.00612 e. The van der Waals surface area contributed by atoms with Crippen molar-refractivity contribution in [1.29, 1.82) is 0 Å². The van der Waals surface area contributed by atoms with E-state index in [2.05, 4.69) is 73.9 Å². The molecule has 0 spiro atoms. The molecule has 0 heterocycles. The van der Waals surface area contributed by atoms with Gasteiger partial charge in [-0.3, -0.25) is 0 Å². The van der Waals surface area contributed by atoms with Crippen LogP contribution in [0.2, 0.25) is 0 Å². The van der Waals surface area contributed by atoms with Crippen molar-refractivity contribution in [3.8, 4) is 0 Å². The highest BCUT2D eigenvalue weighted by Gasteiger charge is 2.08. The molecule has 0 fully saturated rings. The van der Waals surface area contributed by atoms with E-state index in [1.165, 1.54) is 22.3 Å². The first-order valence-corrected chi connectivity index (χ1v) is 7.95. The highest BCUT2D eigenvalue weighted by atomic mass is 31.0. The molecule has 0 aliphatic carbocycles. The molecule has 0 saturated heterocycles. The van der Waals surface area contributed by atoms with E-state index in [1.54, 1.807) is 0 Å². The van der Waals surface area contributed by atoms with E-state index in [1.807, 2.05) is 0 Å². The van der Waals surface area contributed by atoms with Crippen molar-refractivity contribution in [2.24, 2.45) is 0 Å². The highest BCUT2D eigenvalue weighted by molar-refractivity contribution is 7.15. The lowest BCUT2D eigenvalue weighted by atomic mass is 9.91. The van der Waals surface area contributed by atoms with Gasteiger partial charge in [0.15, 0.2) is 0 Å². The summed E-state index contributed by atoms with van der Waals surface area (Å²) in [5, 5.41) is 0. The van der Waals surface area contributed by atoms with Crippen LogP contribution in [0.1, 0.15) is 35.1 Å². The molecular weight excluding hydrogens is 254 g/mol. The summed E-state index contributed by atoms with van der Waals surface area (Å²) in [5.74, 6) is 0.456. The minimum atomic E-state index is 0.456. The van der Waals surface area contributed by atoms with Gasteiger partial charge in [-0.15, -0.1) is 18.5 Å². The summed E-state index contributed by atoms with van der Waals surface area (Å²) < 4.78 is 0. The van der Waals surface area contributed by atoms with Crippen molar-refractivity contribution in [3.05, 3.63) is 70.8 Å². The first-order valence-electron chi connectivity index (χ1n) is 6.32. The molecule has 0 aromatic heterocycles. The molecule has 0 amide bonds. The molecule has 2 aromatic carbocycles. The number of rotatable bonds is 4. The van der Waals surface area contributed by atoms with Gasteiger partial charge in [0, 0.05) is 5.92 Å². The summed E-state index contributed by atoms with van der Waals surface area (Å²) in [5.41, 5.74) is 5.56. The second kappa shape index (κ2) is 6.46. The monoisotopic (exact) mass is 274 g/mol. The van der Waals surface area contributed by atoms with E-state index >= 15 is 0 Å². The Morgan fingerprint density at radius 1 is 0.833 bits per heavy atom. The van der Waals surface area contributed by atoms with Crippen molar-refractivity contribution >= 4 is 18.5 Å². The Morgan fingerprint density at radius 3 is 1.67 bits per heavy atom. The van der Waals surface area contributed by atoms with Gasteiger partial charge in [-0.1, -0.05) is 55.5 Å². The van der Waals surface area contributed by atoms with Crippen molar-refractivity contribution in [1.82, 2.24) is 0 Å². The largest absolute Gasteiger partial charge is 0.133 e. The maximum absolute atomic E-state index is 2.79. The van der Waals surface area contributed by atoms with Crippen LogP contribution >= 0.6 is 18.5 Å². The zero-order valence-corrected chi connectivity index (χ0v) is 13.1. The fourth-order valence-electron chi connectivity index (χ4n) is 2.17. The fraction of sp³-hybridized carbons (Fsp3) is 0.250. The van der Waals surface area contributed by atoms with E-state index in [0.29, 0.717) is 5.92 Å². The van der Waals surface area contributed by atoms with Crippen LogP contribution in [0, 0.1) is 0 Å². The molecule has 2 unspecified atom stereocenters. The van der Waals surface area contributed by atoms with Crippen molar-refractivity contribution in [2.45, 2.75) is 25.2 Å². The van der Waals surface area contributed by atoms with Crippen molar-refractivity contribution < 1.29 is 0 Å². The summed E-state index contributed by atoms with van der Waals surface area (Å²) in [4.78, 5) is 0. The van der Waals surface area contributed by atoms with Gasteiger partial charge in [-0.05, 0) is 34.6 Å². The number of hydrogen-bond donors (Lipinski definition) is 0. The Hall–Kier alpha value is -0.700.